The highest BCUT2D eigenvalue weighted by molar-refractivity contribution is 5.91. The van der Waals surface area contributed by atoms with Gasteiger partial charge in [0.15, 0.2) is 11.6 Å². The molecule has 0 atom stereocenters. The van der Waals surface area contributed by atoms with Gasteiger partial charge in [0, 0.05) is 18.2 Å². The number of carbonyl (C=O) groups is 1. The van der Waals surface area contributed by atoms with Crippen LogP contribution in [0.5, 0.6) is 0 Å². The van der Waals surface area contributed by atoms with Gasteiger partial charge in [-0.15, -0.1) is 10.2 Å². The minimum Gasteiger partial charge on any atom is -0.325 e. The minimum atomic E-state index is -0.0737. The van der Waals surface area contributed by atoms with Crippen molar-refractivity contribution in [3.8, 4) is 0 Å². The van der Waals surface area contributed by atoms with Gasteiger partial charge in [-0.1, -0.05) is 32.0 Å². The van der Waals surface area contributed by atoms with Gasteiger partial charge >= 0.3 is 0 Å². The molecular formula is C17H20N4O. The number of aromatic nitrogens is 2. The number of para-hydroxylation sites is 1. The van der Waals surface area contributed by atoms with Gasteiger partial charge in [0.1, 0.15) is 0 Å². The van der Waals surface area contributed by atoms with Crippen molar-refractivity contribution in [3.63, 3.8) is 0 Å². The van der Waals surface area contributed by atoms with Crippen molar-refractivity contribution in [1.82, 2.24) is 10.2 Å². The van der Waals surface area contributed by atoms with E-state index in [9.17, 15) is 4.79 Å². The summed E-state index contributed by atoms with van der Waals surface area (Å²) in [6.45, 7) is 4.63. The lowest BCUT2D eigenvalue weighted by atomic mass is 10.0. The number of hydrogen-bond acceptors (Lipinski definition) is 4. The molecule has 0 unspecified atom stereocenters. The molecule has 1 aliphatic heterocycles. The summed E-state index contributed by atoms with van der Waals surface area (Å²) in [5.74, 6) is 1.18. The predicted molar refractivity (Wildman–Crippen MR) is 87.3 cm³/mol. The summed E-state index contributed by atoms with van der Waals surface area (Å²) in [6.07, 6.45) is 2.20. The van der Waals surface area contributed by atoms with Gasteiger partial charge < -0.3 is 10.2 Å². The summed E-state index contributed by atoms with van der Waals surface area (Å²) in [4.78, 5) is 13.9. The standard InChI is InChI=1S/C17H20N4O/c1-12(2)17(22)18-15-9-10-16(20-19-15)21-11-5-7-13-6-3-4-8-14(13)21/h3-4,6,8-10,12H,5,7,11H2,1-2H3,(H,18,19,22). The number of nitrogens with zero attached hydrogens (tertiary/aromatic N) is 3. The van der Waals surface area contributed by atoms with Crippen LogP contribution < -0.4 is 10.2 Å². The van der Waals surface area contributed by atoms with Crippen LogP contribution >= 0.6 is 0 Å². The predicted octanol–water partition coefficient (Wildman–Crippen LogP) is 3.16. The number of aryl methyl sites for hydroxylation is 1. The van der Waals surface area contributed by atoms with E-state index in [0.29, 0.717) is 5.82 Å². The van der Waals surface area contributed by atoms with Crippen molar-refractivity contribution >= 4 is 23.2 Å². The molecule has 0 fully saturated rings. The summed E-state index contributed by atoms with van der Waals surface area (Å²) in [5.41, 5.74) is 2.54. The molecule has 114 valence electrons. The van der Waals surface area contributed by atoms with E-state index in [0.717, 1.165) is 25.2 Å². The molecule has 2 aromatic rings. The highest BCUT2D eigenvalue weighted by Crippen LogP contribution is 2.31. The topological polar surface area (TPSA) is 58.1 Å². The molecule has 0 saturated heterocycles. The number of anilines is 3. The first-order chi connectivity index (χ1) is 10.6. The molecule has 2 heterocycles. The van der Waals surface area contributed by atoms with E-state index in [1.165, 1.54) is 11.3 Å². The zero-order valence-electron chi connectivity index (χ0n) is 12.9. The van der Waals surface area contributed by atoms with Crippen molar-refractivity contribution in [1.29, 1.82) is 0 Å². The first-order valence-electron chi connectivity index (χ1n) is 7.65. The number of fused-ring (bicyclic) bond motifs is 1. The van der Waals surface area contributed by atoms with Crippen LogP contribution in [0.15, 0.2) is 36.4 Å². The van der Waals surface area contributed by atoms with Crippen molar-refractivity contribution in [2.75, 3.05) is 16.8 Å². The van der Waals surface area contributed by atoms with E-state index in [-0.39, 0.29) is 11.8 Å². The maximum Gasteiger partial charge on any atom is 0.228 e. The smallest absolute Gasteiger partial charge is 0.228 e. The van der Waals surface area contributed by atoms with Gasteiger partial charge in [0.2, 0.25) is 5.91 Å². The molecule has 1 aromatic heterocycles. The van der Waals surface area contributed by atoms with Gasteiger partial charge in [0.25, 0.3) is 0 Å². The summed E-state index contributed by atoms with van der Waals surface area (Å²) in [7, 11) is 0. The summed E-state index contributed by atoms with van der Waals surface area (Å²) in [6, 6.07) is 12.1. The second-order valence-electron chi connectivity index (χ2n) is 5.80. The average molecular weight is 296 g/mol. The highest BCUT2D eigenvalue weighted by atomic mass is 16.1. The third kappa shape index (κ3) is 2.93. The van der Waals surface area contributed by atoms with Gasteiger partial charge in [0.05, 0.1) is 0 Å². The van der Waals surface area contributed by atoms with Crippen LogP contribution in [-0.2, 0) is 11.2 Å². The van der Waals surface area contributed by atoms with Crippen molar-refractivity contribution < 1.29 is 4.79 Å². The van der Waals surface area contributed by atoms with Crippen molar-refractivity contribution in [3.05, 3.63) is 42.0 Å². The monoisotopic (exact) mass is 296 g/mol. The van der Waals surface area contributed by atoms with Gasteiger partial charge in [-0.25, -0.2) is 0 Å². The molecular weight excluding hydrogens is 276 g/mol. The van der Waals surface area contributed by atoms with Crippen LogP contribution in [0.1, 0.15) is 25.8 Å². The number of carbonyl (C=O) groups excluding carboxylic acids is 1. The average Bonchev–Trinajstić information content (AvgIpc) is 2.55. The fourth-order valence-electron chi connectivity index (χ4n) is 2.58. The summed E-state index contributed by atoms with van der Waals surface area (Å²) >= 11 is 0. The number of benzene rings is 1. The fraction of sp³-hybridized carbons (Fsp3) is 0.353. The van der Waals surface area contributed by atoms with Crippen LogP contribution in [0.4, 0.5) is 17.3 Å². The molecule has 1 N–H and O–H groups in total. The molecule has 0 spiro atoms. The maximum atomic E-state index is 11.7. The Bertz CT molecular complexity index is 667. The van der Waals surface area contributed by atoms with E-state index >= 15 is 0 Å². The molecule has 0 bridgehead atoms. The Morgan fingerprint density at radius 1 is 1.18 bits per heavy atom. The Balaban J connectivity index is 1.81. The third-order valence-corrected chi connectivity index (χ3v) is 3.81. The van der Waals surface area contributed by atoms with E-state index in [1.54, 1.807) is 6.07 Å². The second-order valence-corrected chi connectivity index (χ2v) is 5.80. The molecule has 1 amide bonds. The lowest BCUT2D eigenvalue weighted by Crippen LogP contribution is -2.25. The molecule has 0 aliphatic carbocycles. The van der Waals surface area contributed by atoms with E-state index in [1.807, 2.05) is 26.0 Å². The molecule has 5 heteroatoms. The fourth-order valence-corrected chi connectivity index (χ4v) is 2.58. The Kier molecular flexibility index (Phi) is 4.04. The van der Waals surface area contributed by atoms with Gasteiger partial charge in [-0.05, 0) is 36.6 Å². The number of amides is 1. The molecule has 1 aliphatic rings. The van der Waals surface area contributed by atoms with Crippen molar-refractivity contribution in [2.24, 2.45) is 5.92 Å². The maximum absolute atomic E-state index is 11.7. The number of rotatable bonds is 3. The Morgan fingerprint density at radius 3 is 2.73 bits per heavy atom. The number of hydrogen-bond donors (Lipinski definition) is 1. The van der Waals surface area contributed by atoms with Crippen LogP contribution in [0, 0.1) is 5.92 Å². The normalized spacial score (nSPS) is 13.9. The van der Waals surface area contributed by atoms with Crippen molar-refractivity contribution in [2.45, 2.75) is 26.7 Å². The zero-order valence-corrected chi connectivity index (χ0v) is 12.9. The second kappa shape index (κ2) is 6.13. The Hall–Kier alpha value is -2.43. The zero-order chi connectivity index (χ0) is 15.5. The summed E-state index contributed by atoms with van der Waals surface area (Å²) < 4.78 is 0. The lowest BCUT2D eigenvalue weighted by molar-refractivity contribution is -0.118. The number of nitrogens with one attached hydrogen (secondary N) is 1. The SMILES string of the molecule is CC(C)C(=O)Nc1ccc(N2CCCc3ccccc32)nn1. The molecule has 0 saturated carbocycles. The quantitative estimate of drug-likeness (QED) is 0.945. The highest BCUT2D eigenvalue weighted by Gasteiger charge is 2.19. The van der Waals surface area contributed by atoms with Gasteiger partial charge in [-0.3, -0.25) is 4.79 Å². The van der Waals surface area contributed by atoms with Crippen LogP contribution in [0.25, 0.3) is 0 Å². The molecule has 0 radical (unpaired) electrons. The largest absolute Gasteiger partial charge is 0.325 e. The van der Waals surface area contributed by atoms with Crippen LogP contribution in [0.3, 0.4) is 0 Å². The van der Waals surface area contributed by atoms with E-state index < -0.39 is 0 Å². The van der Waals surface area contributed by atoms with Crippen LogP contribution in [-0.4, -0.2) is 22.6 Å². The van der Waals surface area contributed by atoms with Crippen LogP contribution in [0.2, 0.25) is 0 Å². The molecule has 1 aromatic carbocycles. The van der Waals surface area contributed by atoms with E-state index in [2.05, 4.69) is 38.6 Å². The Labute approximate surface area is 130 Å². The Morgan fingerprint density at radius 2 is 2.00 bits per heavy atom. The van der Waals surface area contributed by atoms with Gasteiger partial charge in [-0.2, -0.15) is 0 Å². The molecule has 3 rings (SSSR count). The first kappa shape index (κ1) is 14.5. The molecule has 22 heavy (non-hydrogen) atoms. The first-order valence-corrected chi connectivity index (χ1v) is 7.65. The molecule has 5 nitrogen and oxygen atoms in total. The minimum absolute atomic E-state index is 0.0506. The lowest BCUT2D eigenvalue weighted by Gasteiger charge is -2.29. The summed E-state index contributed by atoms with van der Waals surface area (Å²) in [5, 5.41) is 11.2. The van der Waals surface area contributed by atoms with E-state index in [4.69, 9.17) is 0 Å². The third-order valence-electron chi connectivity index (χ3n) is 3.81.